The first-order valence-electron chi connectivity index (χ1n) is 5.63. The highest BCUT2D eigenvalue weighted by Crippen LogP contribution is 2.33. The summed E-state index contributed by atoms with van der Waals surface area (Å²) < 4.78 is 0. The number of alkyl halides is 1. The van der Waals surface area contributed by atoms with Gasteiger partial charge in [0.15, 0.2) is 0 Å². The highest BCUT2D eigenvalue weighted by atomic mass is 79.9. The van der Waals surface area contributed by atoms with Gasteiger partial charge in [-0.15, -0.1) is 0 Å². The van der Waals surface area contributed by atoms with Crippen molar-refractivity contribution in [2.24, 2.45) is 0 Å². The molecule has 0 saturated carbocycles. The van der Waals surface area contributed by atoms with Crippen LogP contribution in [0.5, 0.6) is 0 Å². The average Bonchev–Trinajstić information content (AvgIpc) is 2.36. The molecular weight excluding hydrogens is 266 g/mol. The minimum Gasteiger partial charge on any atom is -0.338 e. The third kappa shape index (κ3) is 2.14. The Morgan fingerprint density at radius 1 is 1.50 bits per heavy atom. The summed E-state index contributed by atoms with van der Waals surface area (Å²) in [4.78, 5) is 13.6. The monoisotopic (exact) mass is 281 g/mol. The van der Waals surface area contributed by atoms with Crippen LogP contribution in [0.25, 0.3) is 0 Å². The Labute approximate surface area is 105 Å². The molecule has 1 unspecified atom stereocenters. The average molecular weight is 282 g/mol. The third-order valence-electron chi connectivity index (χ3n) is 3.31. The number of fused-ring (bicyclic) bond motifs is 1. The highest BCUT2D eigenvalue weighted by molar-refractivity contribution is 9.09. The van der Waals surface area contributed by atoms with Gasteiger partial charge in [0, 0.05) is 7.05 Å². The van der Waals surface area contributed by atoms with E-state index in [4.69, 9.17) is 0 Å². The minimum atomic E-state index is 0.154. The molecule has 0 N–H and O–H groups in total. The van der Waals surface area contributed by atoms with Gasteiger partial charge in [0.2, 0.25) is 5.91 Å². The topological polar surface area (TPSA) is 20.3 Å². The Morgan fingerprint density at radius 3 is 3.00 bits per heavy atom. The van der Waals surface area contributed by atoms with Gasteiger partial charge in [0.25, 0.3) is 0 Å². The lowest BCUT2D eigenvalue weighted by Gasteiger charge is -2.33. The third-order valence-corrected chi connectivity index (χ3v) is 3.79. The number of carbonyl (C=O) groups is 1. The fraction of sp³-hybridized carbons (Fsp3) is 0.462. The zero-order valence-electron chi connectivity index (χ0n) is 9.45. The molecule has 1 aliphatic carbocycles. The predicted molar refractivity (Wildman–Crippen MR) is 68.7 cm³/mol. The number of hydrogen-bond acceptors (Lipinski definition) is 1. The number of amides is 1. The van der Waals surface area contributed by atoms with E-state index in [0.717, 1.165) is 12.8 Å². The van der Waals surface area contributed by atoms with E-state index in [1.807, 2.05) is 11.9 Å². The molecule has 2 nitrogen and oxygen atoms in total. The van der Waals surface area contributed by atoms with Crippen molar-refractivity contribution in [3.05, 3.63) is 35.4 Å². The van der Waals surface area contributed by atoms with E-state index in [2.05, 4.69) is 40.2 Å². The Hall–Kier alpha value is -0.830. The van der Waals surface area contributed by atoms with E-state index in [9.17, 15) is 4.79 Å². The largest absolute Gasteiger partial charge is 0.338 e. The second-order valence-electron chi connectivity index (χ2n) is 4.25. The summed E-state index contributed by atoms with van der Waals surface area (Å²) in [5.41, 5.74) is 2.72. The van der Waals surface area contributed by atoms with Gasteiger partial charge < -0.3 is 4.90 Å². The number of halogens is 1. The summed E-state index contributed by atoms with van der Waals surface area (Å²) in [6.07, 6.45) is 3.39. The Morgan fingerprint density at radius 2 is 2.25 bits per heavy atom. The van der Waals surface area contributed by atoms with Crippen LogP contribution in [0.15, 0.2) is 24.3 Å². The molecule has 16 heavy (non-hydrogen) atoms. The van der Waals surface area contributed by atoms with Crippen LogP contribution >= 0.6 is 15.9 Å². The van der Waals surface area contributed by atoms with Crippen molar-refractivity contribution < 1.29 is 4.79 Å². The Kier molecular flexibility index (Phi) is 3.64. The molecule has 1 atom stereocenters. The second kappa shape index (κ2) is 5.00. The van der Waals surface area contributed by atoms with Gasteiger partial charge in [0.1, 0.15) is 0 Å². The van der Waals surface area contributed by atoms with Crippen molar-refractivity contribution >= 4 is 21.8 Å². The molecule has 0 bridgehead atoms. The molecule has 1 aromatic rings. The van der Waals surface area contributed by atoms with Crippen molar-refractivity contribution in [3.63, 3.8) is 0 Å². The van der Waals surface area contributed by atoms with E-state index >= 15 is 0 Å². The minimum absolute atomic E-state index is 0.154. The quantitative estimate of drug-likeness (QED) is 0.764. The molecule has 0 heterocycles. The summed E-state index contributed by atoms with van der Waals surface area (Å²) in [5, 5.41) is 0.405. The molecule has 0 radical (unpaired) electrons. The molecule has 2 rings (SSSR count). The lowest BCUT2D eigenvalue weighted by molar-refractivity contribution is -0.129. The first kappa shape index (κ1) is 11.6. The predicted octanol–water partition coefficient (Wildman–Crippen LogP) is 2.92. The fourth-order valence-corrected chi connectivity index (χ4v) is 2.79. The van der Waals surface area contributed by atoms with Gasteiger partial charge >= 0.3 is 0 Å². The Bertz CT molecular complexity index is 391. The first-order chi connectivity index (χ1) is 7.74. The zero-order chi connectivity index (χ0) is 11.5. The van der Waals surface area contributed by atoms with Crippen LogP contribution in [0.3, 0.4) is 0 Å². The summed E-state index contributed by atoms with van der Waals surface area (Å²) >= 11 is 3.23. The smallest absolute Gasteiger partial charge is 0.233 e. The van der Waals surface area contributed by atoms with E-state index in [1.54, 1.807) is 0 Å². The van der Waals surface area contributed by atoms with Crippen molar-refractivity contribution in [2.45, 2.75) is 25.3 Å². The van der Waals surface area contributed by atoms with Crippen LogP contribution in [0, 0.1) is 0 Å². The van der Waals surface area contributed by atoms with Crippen LogP contribution in [0.1, 0.15) is 30.0 Å². The van der Waals surface area contributed by atoms with Gasteiger partial charge in [-0.25, -0.2) is 0 Å². The number of rotatable bonds is 2. The van der Waals surface area contributed by atoms with Gasteiger partial charge in [-0.1, -0.05) is 40.2 Å². The van der Waals surface area contributed by atoms with Crippen molar-refractivity contribution in [1.82, 2.24) is 4.90 Å². The first-order valence-corrected chi connectivity index (χ1v) is 6.75. The number of hydrogen-bond donors (Lipinski definition) is 0. The Balaban J connectivity index is 2.28. The van der Waals surface area contributed by atoms with Crippen LogP contribution in [-0.4, -0.2) is 23.2 Å². The van der Waals surface area contributed by atoms with Crippen LogP contribution in [0.2, 0.25) is 0 Å². The summed E-state index contributed by atoms with van der Waals surface area (Å²) in [6.45, 7) is 0. The van der Waals surface area contributed by atoms with E-state index < -0.39 is 0 Å². The van der Waals surface area contributed by atoms with Crippen LogP contribution < -0.4 is 0 Å². The number of aryl methyl sites for hydroxylation is 1. The molecular formula is C13H16BrNO. The van der Waals surface area contributed by atoms with E-state index in [-0.39, 0.29) is 11.9 Å². The molecule has 0 aromatic heterocycles. The maximum absolute atomic E-state index is 11.7. The van der Waals surface area contributed by atoms with E-state index in [1.165, 1.54) is 17.5 Å². The summed E-state index contributed by atoms with van der Waals surface area (Å²) in [7, 11) is 1.90. The van der Waals surface area contributed by atoms with E-state index in [0.29, 0.717) is 5.33 Å². The van der Waals surface area contributed by atoms with Crippen molar-refractivity contribution in [1.29, 1.82) is 0 Å². The standard InChI is InChI=1S/C13H16BrNO/c1-15(13(16)9-14)12-8-4-6-10-5-2-3-7-11(10)12/h2-3,5,7,12H,4,6,8-9H2,1H3. The van der Waals surface area contributed by atoms with Crippen LogP contribution in [0.4, 0.5) is 0 Å². The maximum Gasteiger partial charge on any atom is 0.233 e. The molecule has 0 saturated heterocycles. The summed E-state index contributed by atoms with van der Waals surface area (Å²) in [6, 6.07) is 8.72. The molecule has 0 spiro atoms. The van der Waals surface area contributed by atoms with Crippen molar-refractivity contribution in [3.8, 4) is 0 Å². The molecule has 1 aromatic carbocycles. The van der Waals surface area contributed by atoms with Gasteiger partial charge in [-0.05, 0) is 30.4 Å². The molecule has 86 valence electrons. The molecule has 0 fully saturated rings. The SMILES string of the molecule is CN(C(=O)CBr)C1CCCc2ccccc21. The van der Waals surface area contributed by atoms with Crippen LogP contribution in [-0.2, 0) is 11.2 Å². The molecule has 1 aliphatic rings. The second-order valence-corrected chi connectivity index (χ2v) is 4.81. The van der Waals surface area contributed by atoms with Gasteiger partial charge in [-0.2, -0.15) is 0 Å². The number of carbonyl (C=O) groups excluding carboxylic acids is 1. The van der Waals surface area contributed by atoms with Gasteiger partial charge in [0.05, 0.1) is 11.4 Å². The van der Waals surface area contributed by atoms with Gasteiger partial charge in [-0.3, -0.25) is 4.79 Å². The normalized spacial score (nSPS) is 19.0. The summed E-state index contributed by atoms with van der Waals surface area (Å²) in [5.74, 6) is 0.154. The molecule has 0 aliphatic heterocycles. The lowest BCUT2D eigenvalue weighted by atomic mass is 9.87. The van der Waals surface area contributed by atoms with Crippen molar-refractivity contribution in [2.75, 3.05) is 12.4 Å². The number of benzene rings is 1. The molecule has 1 amide bonds. The lowest BCUT2D eigenvalue weighted by Crippen LogP contribution is -2.33. The fourth-order valence-electron chi connectivity index (χ4n) is 2.40. The highest BCUT2D eigenvalue weighted by Gasteiger charge is 2.25. The zero-order valence-corrected chi connectivity index (χ0v) is 11.0. The number of nitrogens with zero attached hydrogens (tertiary/aromatic N) is 1. The maximum atomic E-state index is 11.7. The molecule has 3 heteroatoms.